The summed E-state index contributed by atoms with van der Waals surface area (Å²) in [6.45, 7) is 6.51. The fourth-order valence-electron chi connectivity index (χ4n) is 2.92. The lowest BCUT2D eigenvalue weighted by atomic mass is 10.1. The van der Waals surface area contributed by atoms with E-state index in [2.05, 4.69) is 40.0 Å². The molecule has 28 heavy (non-hydrogen) atoms. The van der Waals surface area contributed by atoms with Gasteiger partial charge in [0, 0.05) is 11.9 Å². The molecule has 0 fully saturated rings. The molecule has 0 bridgehead atoms. The highest BCUT2D eigenvalue weighted by atomic mass is 79.9. The summed E-state index contributed by atoms with van der Waals surface area (Å²) in [4.78, 5) is 12.1. The van der Waals surface area contributed by atoms with E-state index in [9.17, 15) is 9.90 Å². The fraction of sp³-hybridized carbons (Fsp3) is 0.286. The second kappa shape index (κ2) is 8.56. The van der Waals surface area contributed by atoms with Crippen LogP contribution in [-0.4, -0.2) is 22.2 Å². The van der Waals surface area contributed by atoms with Crippen molar-refractivity contribution in [2.75, 3.05) is 6.61 Å². The molecule has 0 saturated heterocycles. The molecule has 7 heteroatoms. The number of hydrogen-bond acceptors (Lipinski definition) is 4. The highest BCUT2D eigenvalue weighted by molar-refractivity contribution is 9.10. The van der Waals surface area contributed by atoms with E-state index in [1.54, 1.807) is 10.6 Å². The summed E-state index contributed by atoms with van der Waals surface area (Å²) < 4.78 is 8.02. The molecular formula is C21H22BrN3O3. The van der Waals surface area contributed by atoms with E-state index in [0.29, 0.717) is 23.9 Å². The van der Waals surface area contributed by atoms with Gasteiger partial charge < -0.3 is 14.4 Å². The van der Waals surface area contributed by atoms with E-state index in [4.69, 9.17) is 4.74 Å². The Morgan fingerprint density at radius 1 is 1.25 bits per heavy atom. The van der Waals surface area contributed by atoms with E-state index >= 15 is 0 Å². The van der Waals surface area contributed by atoms with Gasteiger partial charge in [-0.15, -0.1) is 10.2 Å². The highest BCUT2D eigenvalue weighted by Gasteiger charge is 2.18. The van der Waals surface area contributed by atoms with Gasteiger partial charge in [-0.25, -0.2) is 0 Å². The van der Waals surface area contributed by atoms with Crippen molar-refractivity contribution in [1.82, 2.24) is 4.57 Å². The first-order valence-corrected chi connectivity index (χ1v) is 9.80. The van der Waals surface area contributed by atoms with Crippen LogP contribution < -0.4 is 4.74 Å². The molecule has 1 aromatic heterocycles. The minimum absolute atomic E-state index is 0.0116. The summed E-state index contributed by atoms with van der Waals surface area (Å²) in [7, 11) is 0. The summed E-state index contributed by atoms with van der Waals surface area (Å²) in [6.07, 6.45) is 0. The monoisotopic (exact) mass is 443 g/mol. The van der Waals surface area contributed by atoms with Gasteiger partial charge >= 0.3 is 5.91 Å². The van der Waals surface area contributed by atoms with Crippen LogP contribution in [0, 0.1) is 12.8 Å². The molecule has 1 heterocycles. The van der Waals surface area contributed by atoms with Crippen molar-refractivity contribution in [2.45, 2.75) is 27.3 Å². The van der Waals surface area contributed by atoms with Gasteiger partial charge in [0.1, 0.15) is 5.75 Å². The zero-order chi connectivity index (χ0) is 20.3. The van der Waals surface area contributed by atoms with Crippen LogP contribution in [-0.2, 0) is 11.3 Å². The largest absolute Gasteiger partial charge is 0.493 e. The Kier molecular flexibility index (Phi) is 6.14. The van der Waals surface area contributed by atoms with Gasteiger partial charge in [-0.1, -0.05) is 37.6 Å². The third-order valence-electron chi connectivity index (χ3n) is 4.16. The van der Waals surface area contributed by atoms with Crippen LogP contribution in [0.3, 0.4) is 0 Å². The molecule has 3 aromatic rings. The van der Waals surface area contributed by atoms with Gasteiger partial charge in [0.25, 0.3) is 0 Å². The molecule has 0 spiro atoms. The number of nitrogens with zero attached hydrogens (tertiary/aromatic N) is 3. The topological polar surface area (TPSA) is 76.2 Å². The van der Waals surface area contributed by atoms with Gasteiger partial charge in [0.05, 0.1) is 9.99 Å². The number of ether oxygens (including phenoxy) is 1. The third-order valence-corrected chi connectivity index (χ3v) is 4.82. The highest BCUT2D eigenvalue weighted by Crippen LogP contribution is 2.39. The van der Waals surface area contributed by atoms with Gasteiger partial charge in [0.2, 0.25) is 5.88 Å². The molecule has 1 N–H and O–H groups in total. The summed E-state index contributed by atoms with van der Waals surface area (Å²) in [5.74, 6) is 0.370. The van der Waals surface area contributed by atoms with Crippen molar-refractivity contribution in [1.29, 1.82) is 0 Å². The van der Waals surface area contributed by atoms with Gasteiger partial charge in [0.15, 0.2) is 12.3 Å². The molecule has 2 aromatic carbocycles. The number of carbonyl (C=O) groups excluding carboxylic acids is 1. The normalized spacial score (nSPS) is 11.6. The minimum Gasteiger partial charge on any atom is -0.493 e. The van der Waals surface area contributed by atoms with Crippen molar-refractivity contribution >= 4 is 38.4 Å². The first-order chi connectivity index (χ1) is 13.4. The zero-order valence-corrected chi connectivity index (χ0v) is 17.6. The first kappa shape index (κ1) is 20.1. The van der Waals surface area contributed by atoms with Crippen LogP contribution in [0.1, 0.15) is 19.4 Å². The van der Waals surface area contributed by atoms with E-state index in [0.717, 1.165) is 20.9 Å². The van der Waals surface area contributed by atoms with Crippen LogP contribution in [0.4, 0.5) is 5.69 Å². The van der Waals surface area contributed by atoms with Crippen molar-refractivity contribution in [3.8, 4) is 11.6 Å². The van der Waals surface area contributed by atoms with Crippen molar-refractivity contribution in [2.24, 2.45) is 16.1 Å². The van der Waals surface area contributed by atoms with Crippen LogP contribution in [0.5, 0.6) is 11.6 Å². The number of benzene rings is 2. The smallest absolute Gasteiger partial charge is 0.302 e. The Bertz CT molecular complexity index is 1040. The molecular weight excluding hydrogens is 422 g/mol. The first-order valence-electron chi connectivity index (χ1n) is 9.00. The van der Waals surface area contributed by atoms with Crippen molar-refractivity contribution < 1.29 is 14.6 Å². The van der Waals surface area contributed by atoms with E-state index in [-0.39, 0.29) is 12.5 Å². The predicted octanol–water partition coefficient (Wildman–Crippen LogP) is 5.76. The summed E-state index contributed by atoms with van der Waals surface area (Å²) >= 11 is 3.36. The standard InChI is InChI=1S/C21H22BrN3O3/c1-13(2)11-25-17-9-8-14(3)10-15(17)20(21(25)27)24-23-19(26)12-28-18-7-5-4-6-16(18)22/h4-10,13,27H,11-12H2,1-3H3. The lowest BCUT2D eigenvalue weighted by Gasteiger charge is -2.09. The van der Waals surface area contributed by atoms with Crippen molar-refractivity contribution in [3.63, 3.8) is 0 Å². The SMILES string of the molecule is Cc1ccc2c(c1)c(N=NC(=O)COc1ccccc1Br)c(O)n2CC(C)C. The maximum absolute atomic E-state index is 12.1. The maximum atomic E-state index is 12.1. The average molecular weight is 444 g/mol. The lowest BCUT2D eigenvalue weighted by molar-refractivity contribution is -0.120. The number of halogens is 1. The molecule has 0 aliphatic rings. The molecule has 0 aliphatic heterocycles. The number of azo groups is 1. The van der Waals surface area contributed by atoms with Gasteiger partial charge in [-0.3, -0.25) is 4.79 Å². The van der Waals surface area contributed by atoms with Crippen LogP contribution >= 0.6 is 15.9 Å². The molecule has 0 aliphatic carbocycles. The number of aromatic nitrogens is 1. The van der Waals surface area contributed by atoms with E-state index in [1.807, 2.05) is 43.3 Å². The summed E-state index contributed by atoms with van der Waals surface area (Å²) in [6, 6.07) is 13.1. The molecule has 0 radical (unpaired) electrons. The molecule has 6 nitrogen and oxygen atoms in total. The number of hydrogen-bond donors (Lipinski definition) is 1. The summed E-state index contributed by atoms with van der Waals surface area (Å²) in [5, 5.41) is 19.2. The Hall–Kier alpha value is -2.67. The second-order valence-corrected chi connectivity index (χ2v) is 7.86. The number of rotatable bonds is 6. The molecule has 3 rings (SSSR count). The Morgan fingerprint density at radius 2 is 2.00 bits per heavy atom. The predicted molar refractivity (Wildman–Crippen MR) is 112 cm³/mol. The average Bonchev–Trinajstić information content (AvgIpc) is 2.89. The van der Waals surface area contributed by atoms with Crippen LogP contribution in [0.2, 0.25) is 0 Å². The molecule has 0 atom stereocenters. The minimum atomic E-state index is -0.535. The van der Waals surface area contributed by atoms with Gasteiger partial charge in [-0.05, 0) is 53.0 Å². The molecule has 1 amide bonds. The number of fused-ring (bicyclic) bond motifs is 1. The Labute approximate surface area is 172 Å². The number of para-hydroxylation sites is 1. The zero-order valence-electron chi connectivity index (χ0n) is 16.0. The molecule has 0 unspecified atom stereocenters. The van der Waals surface area contributed by atoms with Crippen molar-refractivity contribution in [3.05, 3.63) is 52.5 Å². The van der Waals surface area contributed by atoms with E-state index < -0.39 is 5.91 Å². The summed E-state index contributed by atoms with van der Waals surface area (Å²) in [5.41, 5.74) is 2.20. The van der Waals surface area contributed by atoms with Crippen LogP contribution in [0.15, 0.2) is 57.2 Å². The fourth-order valence-corrected chi connectivity index (χ4v) is 3.32. The number of carbonyl (C=O) groups is 1. The maximum Gasteiger partial charge on any atom is 0.302 e. The number of aromatic hydroxyl groups is 1. The Morgan fingerprint density at radius 3 is 2.71 bits per heavy atom. The number of amides is 1. The van der Waals surface area contributed by atoms with Crippen LogP contribution in [0.25, 0.3) is 10.9 Å². The third kappa shape index (κ3) is 4.42. The Balaban J connectivity index is 1.84. The lowest BCUT2D eigenvalue weighted by Crippen LogP contribution is -2.08. The van der Waals surface area contributed by atoms with Gasteiger partial charge in [-0.2, -0.15) is 0 Å². The van der Waals surface area contributed by atoms with E-state index in [1.165, 1.54) is 0 Å². The quantitative estimate of drug-likeness (QED) is 0.491. The molecule has 0 saturated carbocycles. The second-order valence-electron chi connectivity index (χ2n) is 7.01. The molecule has 146 valence electrons. The number of aryl methyl sites for hydroxylation is 1.